The summed E-state index contributed by atoms with van der Waals surface area (Å²) in [6.07, 6.45) is 0. The molecule has 108 valence electrons. The molecule has 1 spiro atoms. The molecule has 1 fully saturated rings. The molecule has 2 aromatic rings. The number of hydrogen-bond acceptors (Lipinski definition) is 6. The second-order valence-corrected chi connectivity index (χ2v) is 5.06. The lowest BCUT2D eigenvalue weighted by atomic mass is 9.98. The molecule has 21 heavy (non-hydrogen) atoms. The molecule has 0 amide bonds. The molecule has 1 saturated heterocycles. The highest BCUT2D eigenvalue weighted by Crippen LogP contribution is 2.42. The van der Waals surface area contributed by atoms with Gasteiger partial charge in [-0.05, 0) is 6.07 Å². The van der Waals surface area contributed by atoms with Crippen LogP contribution in [0.5, 0.6) is 5.75 Å². The lowest BCUT2D eigenvalue weighted by Gasteiger charge is -2.42. The van der Waals surface area contributed by atoms with E-state index in [1.54, 1.807) is 0 Å². The molecular weight excluding hydrogens is 280 g/mol. The molecule has 4 rings (SSSR count). The molecule has 9 nitrogen and oxygen atoms in total. The van der Waals surface area contributed by atoms with Gasteiger partial charge in [0.15, 0.2) is 5.82 Å². The Balaban J connectivity index is 2.02. The zero-order valence-electron chi connectivity index (χ0n) is 11.0. The topological polar surface area (TPSA) is 101 Å². The van der Waals surface area contributed by atoms with E-state index in [9.17, 15) is 14.9 Å². The van der Waals surface area contributed by atoms with Crippen molar-refractivity contribution in [3.63, 3.8) is 0 Å². The van der Waals surface area contributed by atoms with Crippen LogP contribution in [0.4, 0.5) is 5.69 Å². The summed E-state index contributed by atoms with van der Waals surface area (Å²) < 4.78 is 13.6. The summed E-state index contributed by atoms with van der Waals surface area (Å²) in [5.74, 6) is 0.820. The maximum absolute atomic E-state index is 12.3. The van der Waals surface area contributed by atoms with Crippen molar-refractivity contribution >= 4 is 5.69 Å². The van der Waals surface area contributed by atoms with Gasteiger partial charge < -0.3 is 9.47 Å². The van der Waals surface area contributed by atoms with E-state index in [-0.39, 0.29) is 11.4 Å². The van der Waals surface area contributed by atoms with Crippen molar-refractivity contribution < 1.29 is 14.4 Å². The fraction of sp³-hybridized carbons (Fsp3) is 0.333. The Bertz CT molecular complexity index is 833. The summed E-state index contributed by atoms with van der Waals surface area (Å²) in [6, 6.07) is 4.16. The standard InChI is InChI=1S/C12H10N4O5/c1-14-11(17)15-8-4-7(16(18)19)2-3-9(8)21-12(5-20-6-12)10(15)13-14/h2-4H,5-6H2,1H3. The number of hydrogen-bond donors (Lipinski definition) is 0. The molecule has 0 aliphatic carbocycles. The van der Waals surface area contributed by atoms with Crippen molar-refractivity contribution in [2.24, 2.45) is 7.05 Å². The monoisotopic (exact) mass is 290 g/mol. The third kappa shape index (κ3) is 1.43. The van der Waals surface area contributed by atoms with Crippen LogP contribution in [0.2, 0.25) is 0 Å². The Morgan fingerprint density at radius 2 is 2.19 bits per heavy atom. The molecule has 9 heteroatoms. The minimum Gasteiger partial charge on any atom is -0.472 e. The van der Waals surface area contributed by atoms with Crippen molar-refractivity contribution in [1.29, 1.82) is 0 Å². The van der Waals surface area contributed by atoms with Gasteiger partial charge in [0, 0.05) is 19.2 Å². The number of aryl methyl sites for hydroxylation is 1. The third-order valence-electron chi connectivity index (χ3n) is 3.70. The molecule has 2 aliphatic heterocycles. The first-order valence-corrected chi connectivity index (χ1v) is 6.24. The molecule has 0 atom stereocenters. The van der Waals surface area contributed by atoms with Gasteiger partial charge in [0.2, 0.25) is 5.60 Å². The molecule has 1 aromatic carbocycles. The molecular formula is C12H10N4O5. The van der Waals surface area contributed by atoms with E-state index in [0.717, 1.165) is 0 Å². The maximum atomic E-state index is 12.3. The number of nitro groups is 1. The van der Waals surface area contributed by atoms with Gasteiger partial charge in [0.05, 0.1) is 18.1 Å². The number of fused-ring (bicyclic) bond motifs is 4. The van der Waals surface area contributed by atoms with Crippen molar-refractivity contribution in [3.8, 4) is 11.4 Å². The van der Waals surface area contributed by atoms with Gasteiger partial charge in [-0.3, -0.25) is 10.1 Å². The first-order valence-electron chi connectivity index (χ1n) is 6.24. The Hall–Kier alpha value is -2.68. The summed E-state index contributed by atoms with van der Waals surface area (Å²) in [7, 11) is 1.53. The predicted octanol–water partition coefficient (Wildman–Crippen LogP) is 0.0971. The lowest BCUT2D eigenvalue weighted by Crippen LogP contribution is -2.55. The number of rotatable bonds is 1. The molecule has 0 radical (unpaired) electrons. The number of benzene rings is 1. The Morgan fingerprint density at radius 1 is 1.43 bits per heavy atom. The normalized spacial score (nSPS) is 17.6. The summed E-state index contributed by atoms with van der Waals surface area (Å²) >= 11 is 0. The van der Waals surface area contributed by atoms with E-state index in [0.29, 0.717) is 30.5 Å². The highest BCUT2D eigenvalue weighted by molar-refractivity contribution is 5.56. The van der Waals surface area contributed by atoms with Gasteiger partial charge in [-0.15, -0.1) is 0 Å². The van der Waals surface area contributed by atoms with Crippen LogP contribution in [0, 0.1) is 10.1 Å². The summed E-state index contributed by atoms with van der Waals surface area (Å²) in [6.45, 7) is 0.583. The van der Waals surface area contributed by atoms with Crippen LogP contribution in [-0.4, -0.2) is 32.5 Å². The largest absolute Gasteiger partial charge is 0.472 e. The predicted molar refractivity (Wildman–Crippen MR) is 68.6 cm³/mol. The number of non-ortho nitro benzene ring substituents is 1. The quantitative estimate of drug-likeness (QED) is 0.545. The first-order chi connectivity index (χ1) is 10.0. The second kappa shape index (κ2) is 3.70. The maximum Gasteiger partial charge on any atom is 0.350 e. The highest BCUT2D eigenvalue weighted by Gasteiger charge is 2.51. The van der Waals surface area contributed by atoms with Gasteiger partial charge in [-0.1, -0.05) is 0 Å². The van der Waals surface area contributed by atoms with Gasteiger partial charge in [0.25, 0.3) is 5.69 Å². The molecule has 0 bridgehead atoms. The second-order valence-electron chi connectivity index (χ2n) is 5.06. The van der Waals surface area contributed by atoms with Crippen molar-refractivity contribution in [2.45, 2.75) is 5.60 Å². The van der Waals surface area contributed by atoms with Gasteiger partial charge >= 0.3 is 5.69 Å². The smallest absolute Gasteiger partial charge is 0.350 e. The third-order valence-corrected chi connectivity index (χ3v) is 3.70. The van der Waals surface area contributed by atoms with E-state index in [4.69, 9.17) is 9.47 Å². The van der Waals surface area contributed by atoms with E-state index < -0.39 is 10.5 Å². The van der Waals surface area contributed by atoms with Gasteiger partial charge in [-0.25, -0.2) is 14.0 Å². The van der Waals surface area contributed by atoms with E-state index >= 15 is 0 Å². The van der Waals surface area contributed by atoms with Crippen molar-refractivity contribution in [2.75, 3.05) is 13.2 Å². The molecule has 0 saturated carbocycles. The zero-order valence-corrected chi connectivity index (χ0v) is 11.0. The van der Waals surface area contributed by atoms with Crippen LogP contribution < -0.4 is 10.4 Å². The van der Waals surface area contributed by atoms with Crippen LogP contribution in [0.25, 0.3) is 5.69 Å². The average Bonchev–Trinajstić information content (AvgIpc) is 2.72. The van der Waals surface area contributed by atoms with Crippen LogP contribution in [-0.2, 0) is 17.4 Å². The SMILES string of the molecule is Cn1nc2n(c1=O)-c1cc([N+](=O)[O-])ccc1OC21COC1. The average molecular weight is 290 g/mol. The van der Waals surface area contributed by atoms with Crippen LogP contribution in [0.1, 0.15) is 5.82 Å². The fourth-order valence-electron chi connectivity index (χ4n) is 2.59. The van der Waals surface area contributed by atoms with Gasteiger partial charge in [0.1, 0.15) is 11.4 Å². The van der Waals surface area contributed by atoms with Crippen LogP contribution >= 0.6 is 0 Å². The highest BCUT2D eigenvalue weighted by atomic mass is 16.6. The van der Waals surface area contributed by atoms with E-state index in [2.05, 4.69) is 5.10 Å². The number of nitrogens with zero attached hydrogens (tertiary/aromatic N) is 4. The van der Waals surface area contributed by atoms with Crippen molar-refractivity contribution in [3.05, 3.63) is 44.6 Å². The van der Waals surface area contributed by atoms with E-state index in [1.807, 2.05) is 0 Å². The molecule has 0 unspecified atom stereocenters. The number of aromatic nitrogens is 3. The number of nitro benzene ring substituents is 1. The fourth-order valence-corrected chi connectivity index (χ4v) is 2.59. The molecule has 2 aliphatic rings. The van der Waals surface area contributed by atoms with Crippen molar-refractivity contribution in [1.82, 2.24) is 14.3 Å². The molecule has 1 aromatic heterocycles. The van der Waals surface area contributed by atoms with Crippen LogP contribution in [0.3, 0.4) is 0 Å². The summed E-state index contributed by atoms with van der Waals surface area (Å²) in [5, 5.41) is 15.1. The molecule has 3 heterocycles. The summed E-state index contributed by atoms with van der Waals surface area (Å²) in [5.41, 5.74) is -0.945. The first kappa shape index (κ1) is 12.1. The summed E-state index contributed by atoms with van der Waals surface area (Å²) in [4.78, 5) is 22.7. The van der Waals surface area contributed by atoms with Gasteiger partial charge in [-0.2, -0.15) is 5.10 Å². The molecule has 0 N–H and O–H groups in total. The lowest BCUT2D eigenvalue weighted by molar-refractivity contribution is -0.384. The minimum absolute atomic E-state index is 0.111. The number of ether oxygens (including phenoxy) is 2. The van der Waals surface area contributed by atoms with Crippen LogP contribution in [0.15, 0.2) is 23.0 Å². The zero-order chi connectivity index (χ0) is 14.8. The van der Waals surface area contributed by atoms with E-state index in [1.165, 1.54) is 34.5 Å². The Morgan fingerprint density at radius 3 is 2.81 bits per heavy atom. The minimum atomic E-state index is -0.788. The Labute approximate surface area is 117 Å². The Kier molecular flexibility index (Phi) is 2.13.